The summed E-state index contributed by atoms with van der Waals surface area (Å²) in [5.74, 6) is 1.16. The van der Waals surface area contributed by atoms with Gasteiger partial charge in [0, 0.05) is 30.9 Å². The molecule has 1 aliphatic rings. The van der Waals surface area contributed by atoms with Crippen molar-refractivity contribution in [1.82, 2.24) is 4.90 Å². The van der Waals surface area contributed by atoms with Crippen molar-refractivity contribution < 1.29 is 12.8 Å². The molecule has 1 aromatic rings. The third-order valence-electron chi connectivity index (χ3n) is 3.09. The number of nitrogens with zero attached hydrogens (tertiary/aromatic N) is 1. The lowest BCUT2D eigenvalue weighted by Crippen LogP contribution is -2.46. The summed E-state index contributed by atoms with van der Waals surface area (Å²) in [4.78, 5) is 1.91. The molecule has 1 fully saturated rings. The summed E-state index contributed by atoms with van der Waals surface area (Å²) in [5.41, 5.74) is 0.778. The minimum atomic E-state index is -3.12. The highest BCUT2D eigenvalue weighted by Gasteiger charge is 2.31. The standard InChI is InChI=1S/C12H15BrFNO2S2/c1-19(16,17)11-8-18-6-5-15(11)7-9-3-2-4-10(14)12(9)13/h2-4,11H,5-8H2,1H3. The Hall–Kier alpha value is -0.110. The molecule has 1 atom stereocenters. The van der Waals surface area contributed by atoms with E-state index < -0.39 is 15.2 Å². The van der Waals surface area contributed by atoms with Crippen LogP contribution in [0.3, 0.4) is 0 Å². The van der Waals surface area contributed by atoms with E-state index in [1.165, 1.54) is 12.3 Å². The summed E-state index contributed by atoms with van der Waals surface area (Å²) < 4.78 is 37.5. The fourth-order valence-electron chi connectivity index (χ4n) is 2.08. The highest BCUT2D eigenvalue weighted by Crippen LogP contribution is 2.26. The Balaban J connectivity index is 2.23. The molecule has 3 nitrogen and oxygen atoms in total. The van der Waals surface area contributed by atoms with Crippen LogP contribution in [0.2, 0.25) is 0 Å². The van der Waals surface area contributed by atoms with E-state index in [4.69, 9.17) is 0 Å². The molecule has 1 heterocycles. The van der Waals surface area contributed by atoms with E-state index in [0.717, 1.165) is 11.3 Å². The second-order valence-electron chi connectivity index (χ2n) is 4.54. The molecule has 1 aromatic carbocycles. The van der Waals surface area contributed by atoms with Gasteiger partial charge in [0.05, 0.1) is 4.47 Å². The fraction of sp³-hybridized carbons (Fsp3) is 0.500. The van der Waals surface area contributed by atoms with Crippen molar-refractivity contribution in [2.45, 2.75) is 11.9 Å². The van der Waals surface area contributed by atoms with Crippen LogP contribution in [-0.2, 0) is 16.4 Å². The predicted octanol–water partition coefficient (Wildman–Crippen LogP) is 2.51. The Morgan fingerprint density at radius 2 is 2.26 bits per heavy atom. The second-order valence-corrected chi connectivity index (χ2v) is 8.69. The second kappa shape index (κ2) is 6.11. The molecule has 0 spiro atoms. The lowest BCUT2D eigenvalue weighted by molar-refractivity contribution is 0.261. The Morgan fingerprint density at radius 3 is 2.95 bits per heavy atom. The van der Waals surface area contributed by atoms with Gasteiger partial charge in [0.1, 0.15) is 11.2 Å². The van der Waals surface area contributed by atoms with Crippen LogP contribution in [0.25, 0.3) is 0 Å². The molecule has 0 aromatic heterocycles. The highest BCUT2D eigenvalue weighted by atomic mass is 79.9. The molecule has 7 heteroatoms. The molecule has 1 aliphatic heterocycles. The Labute approximate surface area is 125 Å². The molecular weight excluding hydrogens is 353 g/mol. The van der Waals surface area contributed by atoms with Gasteiger partial charge in [-0.3, -0.25) is 4.90 Å². The van der Waals surface area contributed by atoms with E-state index in [1.807, 2.05) is 11.0 Å². The maximum atomic E-state index is 13.5. The summed E-state index contributed by atoms with van der Waals surface area (Å²) >= 11 is 4.87. The first-order chi connectivity index (χ1) is 8.89. The van der Waals surface area contributed by atoms with Gasteiger partial charge in [-0.05, 0) is 27.6 Å². The minimum absolute atomic E-state index is 0.320. The number of thioether (sulfide) groups is 1. The number of rotatable bonds is 3. The van der Waals surface area contributed by atoms with Crippen LogP contribution in [0.5, 0.6) is 0 Å². The van der Waals surface area contributed by atoms with Crippen LogP contribution in [-0.4, -0.2) is 43.0 Å². The first kappa shape index (κ1) is 15.3. The Kier molecular flexibility index (Phi) is 4.92. The van der Waals surface area contributed by atoms with E-state index in [9.17, 15) is 12.8 Å². The third-order valence-corrected chi connectivity index (χ3v) is 6.66. The molecule has 1 saturated heterocycles. The monoisotopic (exact) mass is 367 g/mol. The summed E-state index contributed by atoms with van der Waals surface area (Å²) in [7, 11) is -3.12. The van der Waals surface area contributed by atoms with Crippen molar-refractivity contribution in [3.63, 3.8) is 0 Å². The molecule has 0 amide bonds. The maximum absolute atomic E-state index is 13.5. The smallest absolute Gasteiger partial charge is 0.164 e. The van der Waals surface area contributed by atoms with Gasteiger partial charge in [0.25, 0.3) is 0 Å². The first-order valence-electron chi connectivity index (χ1n) is 5.83. The average Bonchev–Trinajstić information content (AvgIpc) is 2.34. The number of hydrogen-bond acceptors (Lipinski definition) is 4. The predicted molar refractivity (Wildman–Crippen MR) is 80.5 cm³/mol. The van der Waals surface area contributed by atoms with Gasteiger partial charge < -0.3 is 0 Å². The van der Waals surface area contributed by atoms with E-state index >= 15 is 0 Å². The van der Waals surface area contributed by atoms with Crippen molar-refractivity contribution >= 4 is 37.5 Å². The molecule has 0 bridgehead atoms. The highest BCUT2D eigenvalue weighted by molar-refractivity contribution is 9.10. The SMILES string of the molecule is CS(=O)(=O)C1CSCCN1Cc1cccc(F)c1Br. The topological polar surface area (TPSA) is 37.4 Å². The van der Waals surface area contributed by atoms with Gasteiger partial charge in [0.15, 0.2) is 9.84 Å². The van der Waals surface area contributed by atoms with Gasteiger partial charge in [-0.15, -0.1) is 0 Å². The molecule has 106 valence electrons. The van der Waals surface area contributed by atoms with Crippen molar-refractivity contribution in [3.8, 4) is 0 Å². The number of hydrogen-bond donors (Lipinski definition) is 0. The van der Waals surface area contributed by atoms with Crippen LogP contribution in [0, 0.1) is 5.82 Å². The van der Waals surface area contributed by atoms with E-state index in [1.54, 1.807) is 17.8 Å². The van der Waals surface area contributed by atoms with E-state index in [-0.39, 0.29) is 5.82 Å². The molecule has 0 aliphatic carbocycles. The van der Waals surface area contributed by atoms with Crippen molar-refractivity contribution in [2.75, 3.05) is 24.3 Å². The van der Waals surface area contributed by atoms with Gasteiger partial charge in [-0.2, -0.15) is 11.8 Å². The third kappa shape index (κ3) is 3.71. The van der Waals surface area contributed by atoms with E-state index in [2.05, 4.69) is 15.9 Å². The normalized spacial score (nSPS) is 21.5. The first-order valence-corrected chi connectivity index (χ1v) is 9.73. The lowest BCUT2D eigenvalue weighted by atomic mass is 10.2. The van der Waals surface area contributed by atoms with Gasteiger partial charge in [-0.25, -0.2) is 12.8 Å². The van der Waals surface area contributed by atoms with Gasteiger partial charge in [-0.1, -0.05) is 12.1 Å². The zero-order chi connectivity index (χ0) is 14.0. The van der Waals surface area contributed by atoms with Crippen LogP contribution in [0.4, 0.5) is 4.39 Å². The van der Waals surface area contributed by atoms with Crippen molar-refractivity contribution in [3.05, 3.63) is 34.1 Å². The largest absolute Gasteiger partial charge is 0.281 e. The summed E-state index contributed by atoms with van der Waals surface area (Å²) in [6.45, 7) is 1.14. The molecule has 2 rings (SSSR count). The number of halogens is 2. The fourth-order valence-corrected chi connectivity index (χ4v) is 5.41. The maximum Gasteiger partial charge on any atom is 0.164 e. The average molecular weight is 368 g/mol. The Bertz CT molecular complexity index is 565. The molecule has 0 saturated carbocycles. The zero-order valence-corrected chi connectivity index (χ0v) is 13.7. The van der Waals surface area contributed by atoms with Crippen molar-refractivity contribution in [2.24, 2.45) is 0 Å². The molecule has 0 N–H and O–H groups in total. The lowest BCUT2D eigenvalue weighted by Gasteiger charge is -2.34. The van der Waals surface area contributed by atoms with Crippen LogP contribution in [0.1, 0.15) is 5.56 Å². The van der Waals surface area contributed by atoms with Crippen molar-refractivity contribution in [1.29, 1.82) is 0 Å². The van der Waals surface area contributed by atoms with Gasteiger partial charge >= 0.3 is 0 Å². The van der Waals surface area contributed by atoms with E-state index in [0.29, 0.717) is 23.3 Å². The molecule has 0 radical (unpaired) electrons. The zero-order valence-electron chi connectivity index (χ0n) is 10.5. The Morgan fingerprint density at radius 1 is 1.53 bits per heavy atom. The minimum Gasteiger partial charge on any atom is -0.281 e. The molecule has 19 heavy (non-hydrogen) atoms. The van der Waals surface area contributed by atoms with Gasteiger partial charge in [0.2, 0.25) is 0 Å². The molecular formula is C12H15BrFNO2S2. The van der Waals surface area contributed by atoms with Crippen LogP contribution in [0.15, 0.2) is 22.7 Å². The van der Waals surface area contributed by atoms with Crippen LogP contribution < -0.4 is 0 Å². The quantitative estimate of drug-likeness (QED) is 0.822. The summed E-state index contributed by atoms with van der Waals surface area (Å²) in [6, 6.07) is 4.84. The summed E-state index contributed by atoms with van der Waals surface area (Å²) in [6.07, 6.45) is 1.26. The number of benzene rings is 1. The molecule has 1 unspecified atom stereocenters. The van der Waals surface area contributed by atoms with Crippen LogP contribution >= 0.6 is 27.7 Å². The number of sulfone groups is 1. The summed E-state index contributed by atoms with van der Waals surface area (Å²) in [5, 5.41) is -0.485.